The molecule has 3 nitrogen and oxygen atoms in total. The maximum absolute atomic E-state index is 9.49. The van der Waals surface area contributed by atoms with Crippen molar-refractivity contribution in [2.45, 2.75) is 12.0 Å². The number of aliphatic hydroxyl groups excluding tert-OH is 2. The van der Waals surface area contributed by atoms with Crippen molar-refractivity contribution in [1.29, 1.82) is 0 Å². The molecule has 0 aromatic rings. The van der Waals surface area contributed by atoms with Crippen molar-refractivity contribution in [3.8, 4) is 0 Å². The Morgan fingerprint density at radius 1 is 1.45 bits per heavy atom. The van der Waals surface area contributed by atoms with E-state index >= 15 is 0 Å². The van der Waals surface area contributed by atoms with E-state index in [2.05, 4.69) is 0 Å². The van der Waals surface area contributed by atoms with Crippen LogP contribution < -0.4 is 0 Å². The van der Waals surface area contributed by atoms with Gasteiger partial charge in [0.2, 0.25) is 0 Å². The highest BCUT2D eigenvalue weighted by Gasteiger charge is 2.25. The molecule has 0 radical (unpaired) electrons. The van der Waals surface area contributed by atoms with Crippen molar-refractivity contribution in [1.82, 2.24) is 0 Å². The summed E-state index contributed by atoms with van der Waals surface area (Å²) in [6.45, 7) is -0.368. The second-order valence-electron chi connectivity index (χ2n) is 2.78. The SMILES string of the molecule is OCC1=CC=CC(O)(CO)C1. The van der Waals surface area contributed by atoms with Gasteiger partial charge in [-0.2, -0.15) is 0 Å². The molecule has 0 amide bonds. The molecule has 0 heterocycles. The van der Waals surface area contributed by atoms with Crippen molar-refractivity contribution in [3.05, 3.63) is 23.8 Å². The van der Waals surface area contributed by atoms with Crippen LogP contribution >= 0.6 is 0 Å². The fraction of sp³-hybridized carbons (Fsp3) is 0.500. The predicted octanol–water partition coefficient (Wildman–Crippen LogP) is -0.412. The molecule has 1 rings (SSSR count). The summed E-state index contributed by atoms with van der Waals surface area (Å²) in [5.74, 6) is 0. The maximum atomic E-state index is 9.49. The van der Waals surface area contributed by atoms with Crippen LogP contribution in [0.4, 0.5) is 0 Å². The zero-order valence-corrected chi connectivity index (χ0v) is 6.20. The lowest BCUT2D eigenvalue weighted by atomic mass is 9.91. The second kappa shape index (κ2) is 3.17. The Morgan fingerprint density at radius 3 is 2.73 bits per heavy atom. The first-order valence-electron chi connectivity index (χ1n) is 3.51. The molecular weight excluding hydrogens is 144 g/mol. The van der Waals surface area contributed by atoms with E-state index in [1.807, 2.05) is 0 Å². The molecular formula is C8H12O3. The van der Waals surface area contributed by atoms with Gasteiger partial charge in [0, 0.05) is 6.42 Å². The van der Waals surface area contributed by atoms with Crippen LogP contribution in [0.25, 0.3) is 0 Å². The summed E-state index contributed by atoms with van der Waals surface area (Å²) in [5, 5.41) is 27.0. The highest BCUT2D eigenvalue weighted by atomic mass is 16.3. The number of aliphatic hydroxyl groups is 3. The van der Waals surface area contributed by atoms with Gasteiger partial charge in [-0.3, -0.25) is 0 Å². The van der Waals surface area contributed by atoms with Crippen LogP contribution in [0.1, 0.15) is 6.42 Å². The fourth-order valence-electron chi connectivity index (χ4n) is 1.09. The number of allylic oxidation sites excluding steroid dienone is 2. The topological polar surface area (TPSA) is 60.7 Å². The van der Waals surface area contributed by atoms with Crippen LogP contribution in [0.2, 0.25) is 0 Å². The first-order valence-corrected chi connectivity index (χ1v) is 3.51. The smallest absolute Gasteiger partial charge is 0.110 e. The highest BCUT2D eigenvalue weighted by Crippen LogP contribution is 2.21. The Labute approximate surface area is 65.3 Å². The summed E-state index contributed by atoms with van der Waals surface area (Å²) in [4.78, 5) is 0. The Balaban J connectivity index is 2.68. The molecule has 0 bridgehead atoms. The van der Waals surface area contributed by atoms with Gasteiger partial charge in [0.25, 0.3) is 0 Å². The zero-order chi connectivity index (χ0) is 8.32. The third-order valence-electron chi connectivity index (χ3n) is 1.75. The molecule has 0 aromatic heterocycles. The van der Waals surface area contributed by atoms with E-state index in [1.54, 1.807) is 12.2 Å². The van der Waals surface area contributed by atoms with Crippen LogP contribution in [-0.2, 0) is 0 Å². The van der Waals surface area contributed by atoms with Crippen molar-refractivity contribution < 1.29 is 15.3 Å². The van der Waals surface area contributed by atoms with Gasteiger partial charge < -0.3 is 15.3 Å². The van der Waals surface area contributed by atoms with Gasteiger partial charge in [-0.25, -0.2) is 0 Å². The van der Waals surface area contributed by atoms with E-state index in [4.69, 9.17) is 10.2 Å². The molecule has 0 saturated heterocycles. The molecule has 0 saturated carbocycles. The molecule has 0 spiro atoms. The largest absolute Gasteiger partial charge is 0.393 e. The molecule has 1 atom stereocenters. The van der Waals surface area contributed by atoms with Crippen LogP contribution in [0, 0.1) is 0 Å². The van der Waals surface area contributed by atoms with Gasteiger partial charge >= 0.3 is 0 Å². The summed E-state index contributed by atoms with van der Waals surface area (Å²) in [6, 6.07) is 0. The quantitative estimate of drug-likeness (QED) is 0.509. The van der Waals surface area contributed by atoms with Crippen molar-refractivity contribution >= 4 is 0 Å². The minimum absolute atomic E-state index is 0.0628. The van der Waals surface area contributed by atoms with Crippen LogP contribution in [0.5, 0.6) is 0 Å². The summed E-state index contributed by atoms with van der Waals surface area (Å²) < 4.78 is 0. The molecule has 62 valence electrons. The highest BCUT2D eigenvalue weighted by molar-refractivity contribution is 5.25. The normalized spacial score (nSPS) is 30.3. The van der Waals surface area contributed by atoms with E-state index in [1.165, 1.54) is 6.08 Å². The maximum Gasteiger partial charge on any atom is 0.110 e. The van der Waals surface area contributed by atoms with Crippen molar-refractivity contribution in [2.24, 2.45) is 0 Å². The average Bonchev–Trinajstić information content (AvgIpc) is 2.05. The van der Waals surface area contributed by atoms with Gasteiger partial charge in [0.15, 0.2) is 0 Å². The molecule has 1 aliphatic rings. The first kappa shape index (κ1) is 8.46. The Morgan fingerprint density at radius 2 is 2.18 bits per heavy atom. The molecule has 1 aliphatic carbocycles. The lowest BCUT2D eigenvalue weighted by Crippen LogP contribution is -2.32. The molecule has 1 unspecified atom stereocenters. The number of hydrogen-bond acceptors (Lipinski definition) is 3. The summed E-state index contributed by atoms with van der Waals surface area (Å²) in [6.07, 6.45) is 5.23. The van der Waals surface area contributed by atoms with Gasteiger partial charge in [-0.1, -0.05) is 18.2 Å². The molecule has 0 aliphatic heterocycles. The second-order valence-corrected chi connectivity index (χ2v) is 2.78. The van der Waals surface area contributed by atoms with Gasteiger partial charge in [0.05, 0.1) is 13.2 Å². The average molecular weight is 156 g/mol. The van der Waals surface area contributed by atoms with Gasteiger partial charge in [-0.15, -0.1) is 0 Å². The molecule has 0 fully saturated rings. The van der Waals surface area contributed by atoms with E-state index in [-0.39, 0.29) is 13.2 Å². The van der Waals surface area contributed by atoms with E-state index < -0.39 is 5.60 Å². The lowest BCUT2D eigenvalue weighted by Gasteiger charge is -2.25. The monoisotopic (exact) mass is 156 g/mol. The Hall–Kier alpha value is -0.640. The summed E-state index contributed by atoms with van der Waals surface area (Å²) in [5.41, 5.74) is -0.420. The third kappa shape index (κ3) is 1.89. The molecule has 3 heteroatoms. The molecule has 3 N–H and O–H groups in total. The van der Waals surface area contributed by atoms with Crippen LogP contribution in [-0.4, -0.2) is 34.1 Å². The summed E-state index contributed by atoms with van der Waals surface area (Å²) in [7, 11) is 0. The van der Waals surface area contributed by atoms with Crippen LogP contribution in [0.3, 0.4) is 0 Å². The van der Waals surface area contributed by atoms with E-state index in [0.717, 1.165) is 5.57 Å². The van der Waals surface area contributed by atoms with Crippen LogP contribution in [0.15, 0.2) is 23.8 Å². The molecule has 0 aromatic carbocycles. The van der Waals surface area contributed by atoms with Gasteiger partial charge in [-0.05, 0) is 5.57 Å². The van der Waals surface area contributed by atoms with E-state index in [0.29, 0.717) is 6.42 Å². The van der Waals surface area contributed by atoms with Crippen molar-refractivity contribution in [2.75, 3.05) is 13.2 Å². The predicted molar refractivity (Wildman–Crippen MR) is 41.0 cm³/mol. The first-order chi connectivity index (χ1) is 5.20. The lowest BCUT2D eigenvalue weighted by molar-refractivity contribution is 0.0247. The summed E-state index contributed by atoms with van der Waals surface area (Å²) >= 11 is 0. The van der Waals surface area contributed by atoms with Gasteiger partial charge in [0.1, 0.15) is 5.60 Å². The zero-order valence-electron chi connectivity index (χ0n) is 6.20. The number of rotatable bonds is 2. The van der Waals surface area contributed by atoms with E-state index in [9.17, 15) is 5.11 Å². The van der Waals surface area contributed by atoms with Crippen molar-refractivity contribution in [3.63, 3.8) is 0 Å². The minimum Gasteiger partial charge on any atom is -0.393 e. The molecule has 11 heavy (non-hydrogen) atoms. The third-order valence-corrected chi connectivity index (χ3v) is 1.75. The fourth-order valence-corrected chi connectivity index (χ4v) is 1.09. The Bertz CT molecular complexity index is 196. The Kier molecular flexibility index (Phi) is 2.44. The standard InChI is InChI=1S/C8H12O3/c9-5-7-2-1-3-8(11,4-7)6-10/h1-3,9-11H,4-6H2. The minimum atomic E-state index is -1.16. The number of hydrogen-bond donors (Lipinski definition) is 3.